The molecule has 0 saturated heterocycles. The Balaban J connectivity index is 5.24. The highest BCUT2D eigenvalue weighted by Gasteiger charge is 2.30. The minimum Gasteiger partial charge on any atom is -0.462 e. The topological polar surface area (TPSA) is 237 Å². The van der Waals surface area contributed by atoms with Crippen molar-refractivity contribution in [1.29, 1.82) is 0 Å². The van der Waals surface area contributed by atoms with Gasteiger partial charge in [0.2, 0.25) is 0 Å². The summed E-state index contributed by atoms with van der Waals surface area (Å²) in [5.41, 5.74) is 0. The van der Waals surface area contributed by atoms with Gasteiger partial charge in [0, 0.05) is 25.7 Å². The van der Waals surface area contributed by atoms with Crippen LogP contribution >= 0.6 is 15.6 Å². The maximum atomic E-state index is 13.1. The molecule has 0 aliphatic rings. The van der Waals surface area contributed by atoms with Crippen LogP contribution in [0.5, 0.6) is 0 Å². The van der Waals surface area contributed by atoms with Crippen LogP contribution < -0.4 is 0 Å². The molecule has 0 bridgehead atoms. The maximum absolute atomic E-state index is 13.1. The lowest BCUT2D eigenvalue weighted by Crippen LogP contribution is -2.30. The van der Waals surface area contributed by atoms with E-state index in [0.29, 0.717) is 25.7 Å². The molecule has 0 aromatic rings. The number of phosphoric ester groups is 2. The second kappa shape index (κ2) is 76.8. The fourth-order valence-electron chi connectivity index (χ4n) is 13.1. The van der Waals surface area contributed by atoms with E-state index in [1.165, 1.54) is 276 Å². The van der Waals surface area contributed by atoms with Crippen molar-refractivity contribution in [3.05, 3.63) is 0 Å². The van der Waals surface area contributed by atoms with E-state index in [0.717, 1.165) is 95.8 Å². The van der Waals surface area contributed by atoms with Gasteiger partial charge in [0.25, 0.3) is 0 Å². The van der Waals surface area contributed by atoms with Gasteiger partial charge >= 0.3 is 39.5 Å². The fourth-order valence-corrected chi connectivity index (χ4v) is 14.7. The predicted octanol–water partition coefficient (Wildman–Crippen LogP) is 25.6. The van der Waals surface area contributed by atoms with Crippen molar-refractivity contribution in [2.45, 2.75) is 470 Å². The molecule has 0 rings (SSSR count). The number of unbranched alkanes of at least 4 members (excludes halogenated alkanes) is 55. The van der Waals surface area contributed by atoms with Crippen molar-refractivity contribution in [2.24, 2.45) is 5.92 Å². The van der Waals surface area contributed by atoms with E-state index in [-0.39, 0.29) is 25.7 Å². The van der Waals surface area contributed by atoms with E-state index in [4.69, 9.17) is 37.0 Å². The lowest BCUT2D eigenvalue weighted by molar-refractivity contribution is -0.161. The second-order valence-electron chi connectivity index (χ2n) is 30.5. The third-order valence-corrected chi connectivity index (χ3v) is 22.0. The Labute approximate surface area is 632 Å². The summed E-state index contributed by atoms with van der Waals surface area (Å²) in [4.78, 5) is 73.2. The number of phosphoric acid groups is 2. The summed E-state index contributed by atoms with van der Waals surface area (Å²) in [6.45, 7) is 7.36. The second-order valence-corrected chi connectivity index (χ2v) is 33.4. The van der Waals surface area contributed by atoms with Gasteiger partial charge in [-0.15, -0.1) is 0 Å². The minimum atomic E-state index is -4.96. The Hall–Kier alpha value is -1.94. The summed E-state index contributed by atoms with van der Waals surface area (Å²) in [7, 11) is -9.92. The first-order valence-corrected chi connectivity index (χ1v) is 46.7. The average molecular weight is 1510 g/mol. The molecular weight excluding hydrogens is 1340 g/mol. The highest BCUT2D eigenvalue weighted by molar-refractivity contribution is 7.47. The summed E-state index contributed by atoms with van der Waals surface area (Å²) in [6.07, 6.45) is 69.3. The van der Waals surface area contributed by atoms with Crippen LogP contribution in [0, 0.1) is 5.92 Å². The molecule has 0 aromatic heterocycles. The largest absolute Gasteiger partial charge is 0.472 e. The Morgan fingerprint density at radius 1 is 0.272 bits per heavy atom. The molecule has 0 saturated carbocycles. The molecule has 0 fully saturated rings. The van der Waals surface area contributed by atoms with Crippen LogP contribution in [-0.2, 0) is 65.4 Å². The normalized spacial score (nSPS) is 14.1. The number of hydrogen-bond acceptors (Lipinski definition) is 15. The van der Waals surface area contributed by atoms with E-state index in [1.807, 2.05) is 0 Å². The van der Waals surface area contributed by atoms with Crippen molar-refractivity contribution in [2.75, 3.05) is 39.6 Å². The first-order chi connectivity index (χ1) is 50.1. The van der Waals surface area contributed by atoms with E-state index in [1.54, 1.807) is 0 Å². The molecule has 0 radical (unpaired) electrons. The number of aliphatic hydroxyl groups is 1. The number of hydrogen-bond donors (Lipinski definition) is 3. The molecule has 6 atom stereocenters. The summed E-state index contributed by atoms with van der Waals surface area (Å²) in [5, 5.41) is 10.7. The molecule has 19 heteroatoms. The monoisotopic (exact) mass is 1510 g/mol. The zero-order valence-electron chi connectivity index (χ0n) is 67.5. The zero-order valence-corrected chi connectivity index (χ0v) is 69.3. The Morgan fingerprint density at radius 2 is 0.466 bits per heavy atom. The summed E-state index contributed by atoms with van der Waals surface area (Å²) in [6, 6.07) is 0. The molecular formula is C84H164O17P2. The Bertz CT molecular complexity index is 1960. The number of esters is 4. The van der Waals surface area contributed by atoms with Gasteiger partial charge in [0.05, 0.1) is 26.4 Å². The first-order valence-electron chi connectivity index (χ1n) is 43.7. The molecule has 0 amide bonds. The summed E-state index contributed by atoms with van der Waals surface area (Å²) >= 11 is 0. The number of aliphatic hydroxyl groups excluding tert-OH is 1. The third-order valence-electron chi connectivity index (χ3n) is 20.1. The van der Waals surface area contributed by atoms with Gasteiger partial charge in [0.1, 0.15) is 19.3 Å². The van der Waals surface area contributed by atoms with Gasteiger partial charge in [-0.25, -0.2) is 9.13 Å². The van der Waals surface area contributed by atoms with Crippen LogP contribution in [0.4, 0.5) is 0 Å². The minimum absolute atomic E-state index is 0.108. The van der Waals surface area contributed by atoms with Gasteiger partial charge in [-0.2, -0.15) is 0 Å². The lowest BCUT2D eigenvalue weighted by Gasteiger charge is -2.21. The average Bonchev–Trinajstić information content (AvgIpc) is 0.938. The molecule has 0 heterocycles. The highest BCUT2D eigenvalue weighted by atomic mass is 31.2. The quantitative estimate of drug-likeness (QED) is 0.0222. The SMILES string of the molecule is CCCCCCCCCCCCCCCCCCCCCC(=O)OC[C@H](COP(=O)(O)OC[C@@H](O)COP(=O)(O)OC[C@@H](COC(=O)CCCCCCCCCCC(C)CC)OC(=O)CCCCCCCCCCCCCCC)OC(=O)CCCCCCCCCCCCCCCCCCCCC. The third kappa shape index (κ3) is 76.6. The van der Waals surface area contributed by atoms with Crippen LogP contribution in [0.15, 0.2) is 0 Å². The van der Waals surface area contributed by atoms with Gasteiger partial charge < -0.3 is 33.8 Å². The van der Waals surface area contributed by atoms with Crippen LogP contribution in [0.3, 0.4) is 0 Å². The van der Waals surface area contributed by atoms with E-state index in [2.05, 4.69) is 34.6 Å². The van der Waals surface area contributed by atoms with Crippen LogP contribution in [-0.4, -0.2) is 96.7 Å². The van der Waals surface area contributed by atoms with E-state index < -0.39 is 97.5 Å². The van der Waals surface area contributed by atoms with Crippen molar-refractivity contribution in [1.82, 2.24) is 0 Å². The Kier molecular flexibility index (Phi) is 75.4. The molecule has 0 spiro atoms. The molecule has 3 unspecified atom stereocenters. The number of carbonyl (C=O) groups is 4. The van der Waals surface area contributed by atoms with Crippen molar-refractivity contribution >= 4 is 39.5 Å². The number of rotatable bonds is 84. The molecule has 3 N–H and O–H groups in total. The fraction of sp³-hybridized carbons (Fsp3) is 0.952. The molecule has 0 aliphatic carbocycles. The van der Waals surface area contributed by atoms with Crippen LogP contribution in [0.2, 0.25) is 0 Å². The maximum Gasteiger partial charge on any atom is 0.472 e. The molecule has 103 heavy (non-hydrogen) atoms. The molecule has 0 aromatic carbocycles. The molecule has 612 valence electrons. The standard InChI is InChI=1S/C84H164O17P2/c1-6-10-13-16-19-22-25-28-30-32-34-36-38-41-43-46-52-57-62-67-81(86)94-73-79(100-84(89)70-65-60-55-48-45-42-39-37-35-33-31-29-26-23-20-17-14-11-7-2)75-98-102(90,91)96-71-78(85)72-97-103(92,93)99-76-80(74-95-82(87)68-63-58-53-50-49-51-56-61-66-77(5)9-4)101-83(88)69-64-59-54-47-44-40-27-24-21-18-15-12-8-3/h77-80,85H,6-76H2,1-5H3,(H,90,91)(H,92,93)/t77?,78-,79-,80-/m1/s1. The summed E-state index contributed by atoms with van der Waals surface area (Å²) < 4.78 is 68.8. The highest BCUT2D eigenvalue weighted by Crippen LogP contribution is 2.45. The van der Waals surface area contributed by atoms with Gasteiger partial charge in [-0.3, -0.25) is 37.3 Å². The number of ether oxygens (including phenoxy) is 4. The van der Waals surface area contributed by atoms with Crippen molar-refractivity contribution in [3.8, 4) is 0 Å². The summed E-state index contributed by atoms with van der Waals surface area (Å²) in [5.74, 6) is -1.32. The van der Waals surface area contributed by atoms with Crippen LogP contribution in [0.25, 0.3) is 0 Å². The van der Waals surface area contributed by atoms with Crippen LogP contribution in [0.1, 0.15) is 452 Å². The molecule has 17 nitrogen and oxygen atoms in total. The zero-order chi connectivity index (χ0) is 75.5. The van der Waals surface area contributed by atoms with Gasteiger partial charge in [-0.1, -0.05) is 401 Å². The van der Waals surface area contributed by atoms with Crippen molar-refractivity contribution < 1.29 is 80.2 Å². The lowest BCUT2D eigenvalue weighted by atomic mass is 9.99. The smallest absolute Gasteiger partial charge is 0.462 e. The van der Waals surface area contributed by atoms with E-state index >= 15 is 0 Å². The van der Waals surface area contributed by atoms with E-state index in [9.17, 15) is 43.2 Å². The van der Waals surface area contributed by atoms with Gasteiger partial charge in [-0.05, 0) is 31.6 Å². The number of carbonyl (C=O) groups excluding carboxylic acids is 4. The predicted molar refractivity (Wildman–Crippen MR) is 423 cm³/mol. The Morgan fingerprint density at radius 3 is 0.689 bits per heavy atom. The first kappa shape index (κ1) is 101. The molecule has 0 aliphatic heterocycles. The van der Waals surface area contributed by atoms with Gasteiger partial charge in [0.15, 0.2) is 12.2 Å². The van der Waals surface area contributed by atoms with Crippen molar-refractivity contribution in [3.63, 3.8) is 0 Å².